The number of rotatable bonds is 2. The number of nitrogens with two attached hydrogens (primary N) is 1. The first-order valence-corrected chi connectivity index (χ1v) is 6.61. The van der Waals surface area contributed by atoms with E-state index in [4.69, 9.17) is 10.5 Å². The van der Waals surface area contributed by atoms with E-state index in [-0.39, 0.29) is 5.41 Å². The summed E-state index contributed by atoms with van der Waals surface area (Å²) >= 11 is 0. The van der Waals surface area contributed by atoms with Crippen molar-refractivity contribution in [1.29, 1.82) is 0 Å². The van der Waals surface area contributed by atoms with Gasteiger partial charge in [-0.05, 0) is 25.1 Å². The molecule has 2 rings (SSSR count). The summed E-state index contributed by atoms with van der Waals surface area (Å²) in [6.07, 6.45) is 0. The first-order chi connectivity index (χ1) is 9.31. The van der Waals surface area contributed by atoms with Gasteiger partial charge in [0.1, 0.15) is 5.75 Å². The van der Waals surface area contributed by atoms with Crippen LogP contribution >= 0.6 is 0 Å². The number of hydrogen-bond acceptors (Lipinski definition) is 4. The van der Waals surface area contributed by atoms with E-state index in [0.717, 1.165) is 17.0 Å². The Balaban J connectivity index is 2.61. The van der Waals surface area contributed by atoms with E-state index in [1.54, 1.807) is 13.2 Å². The minimum atomic E-state index is -0.0243. The Morgan fingerprint density at radius 2 is 1.80 bits per heavy atom. The van der Waals surface area contributed by atoms with Crippen molar-refractivity contribution in [3.8, 4) is 17.1 Å². The number of ether oxygens (including phenoxy) is 1. The fourth-order valence-electron chi connectivity index (χ4n) is 1.97. The van der Waals surface area contributed by atoms with Gasteiger partial charge in [-0.25, -0.2) is 9.97 Å². The summed E-state index contributed by atoms with van der Waals surface area (Å²) < 4.78 is 5.39. The van der Waals surface area contributed by atoms with E-state index in [9.17, 15) is 0 Å². The van der Waals surface area contributed by atoms with Crippen LogP contribution in [0.25, 0.3) is 11.4 Å². The zero-order valence-corrected chi connectivity index (χ0v) is 12.7. The number of aryl methyl sites for hydroxylation is 1. The standard InChI is InChI=1S/C16H21N3O/c1-10-8-14(16(2,3)4)19-15(18-10)12-7-6-11(17)9-13(12)20-5/h6-9H,17H2,1-5H3. The summed E-state index contributed by atoms with van der Waals surface area (Å²) in [4.78, 5) is 9.21. The van der Waals surface area contributed by atoms with Crippen molar-refractivity contribution in [2.75, 3.05) is 12.8 Å². The second-order valence-corrected chi connectivity index (χ2v) is 5.93. The average molecular weight is 271 g/mol. The summed E-state index contributed by atoms with van der Waals surface area (Å²) in [5.41, 5.74) is 9.24. The van der Waals surface area contributed by atoms with Crippen LogP contribution in [0, 0.1) is 6.92 Å². The first kappa shape index (κ1) is 14.3. The first-order valence-electron chi connectivity index (χ1n) is 6.61. The molecule has 20 heavy (non-hydrogen) atoms. The van der Waals surface area contributed by atoms with E-state index in [2.05, 4.69) is 30.7 Å². The molecule has 0 aliphatic rings. The second kappa shape index (κ2) is 5.12. The van der Waals surface area contributed by atoms with E-state index < -0.39 is 0 Å². The van der Waals surface area contributed by atoms with Crippen LogP contribution in [0.4, 0.5) is 5.69 Å². The van der Waals surface area contributed by atoms with Crippen molar-refractivity contribution in [2.45, 2.75) is 33.1 Å². The molecule has 0 aliphatic carbocycles. The number of methoxy groups -OCH3 is 1. The van der Waals surface area contributed by atoms with Crippen molar-refractivity contribution < 1.29 is 4.74 Å². The monoisotopic (exact) mass is 271 g/mol. The molecule has 0 bridgehead atoms. The third-order valence-electron chi connectivity index (χ3n) is 3.09. The molecule has 106 valence electrons. The molecule has 1 aromatic carbocycles. The third kappa shape index (κ3) is 2.90. The van der Waals surface area contributed by atoms with Crippen LogP contribution in [-0.2, 0) is 5.41 Å². The SMILES string of the molecule is COc1cc(N)ccc1-c1nc(C)cc(C(C)(C)C)n1. The number of benzene rings is 1. The Hall–Kier alpha value is -2.10. The Morgan fingerprint density at radius 1 is 1.10 bits per heavy atom. The van der Waals surface area contributed by atoms with Gasteiger partial charge in [-0.2, -0.15) is 0 Å². The Kier molecular flexibility index (Phi) is 3.66. The van der Waals surface area contributed by atoms with Gasteiger partial charge in [0.25, 0.3) is 0 Å². The molecule has 0 amide bonds. The fraction of sp³-hybridized carbons (Fsp3) is 0.375. The van der Waals surface area contributed by atoms with Gasteiger partial charge in [-0.1, -0.05) is 20.8 Å². The molecule has 0 fully saturated rings. The molecule has 1 aromatic heterocycles. The zero-order valence-electron chi connectivity index (χ0n) is 12.7. The number of nitrogens with zero attached hydrogens (tertiary/aromatic N) is 2. The molecule has 0 saturated carbocycles. The molecular weight excluding hydrogens is 250 g/mol. The third-order valence-corrected chi connectivity index (χ3v) is 3.09. The molecule has 4 nitrogen and oxygen atoms in total. The van der Waals surface area contributed by atoms with Crippen LogP contribution in [0.15, 0.2) is 24.3 Å². The second-order valence-electron chi connectivity index (χ2n) is 5.93. The molecule has 0 spiro atoms. The highest BCUT2D eigenvalue weighted by Gasteiger charge is 2.19. The van der Waals surface area contributed by atoms with Crippen molar-refractivity contribution in [2.24, 2.45) is 0 Å². The highest BCUT2D eigenvalue weighted by molar-refractivity contribution is 5.68. The molecule has 0 saturated heterocycles. The molecule has 0 atom stereocenters. The smallest absolute Gasteiger partial charge is 0.163 e. The largest absolute Gasteiger partial charge is 0.496 e. The fourth-order valence-corrected chi connectivity index (χ4v) is 1.97. The van der Waals surface area contributed by atoms with E-state index in [1.807, 2.05) is 25.1 Å². The molecule has 2 N–H and O–H groups in total. The highest BCUT2D eigenvalue weighted by atomic mass is 16.5. The maximum absolute atomic E-state index is 5.79. The van der Waals surface area contributed by atoms with Gasteiger partial charge in [0.05, 0.1) is 18.4 Å². The number of anilines is 1. The predicted molar refractivity (Wildman–Crippen MR) is 81.9 cm³/mol. The lowest BCUT2D eigenvalue weighted by Crippen LogP contribution is -2.15. The van der Waals surface area contributed by atoms with Crippen molar-refractivity contribution >= 4 is 5.69 Å². The summed E-state index contributed by atoms with van der Waals surface area (Å²) in [7, 11) is 1.62. The van der Waals surface area contributed by atoms with Crippen LogP contribution in [0.3, 0.4) is 0 Å². The number of nitrogen functional groups attached to an aromatic ring is 1. The van der Waals surface area contributed by atoms with Crippen molar-refractivity contribution in [3.05, 3.63) is 35.7 Å². The van der Waals surface area contributed by atoms with Crippen LogP contribution in [0.1, 0.15) is 32.2 Å². The van der Waals surface area contributed by atoms with Gasteiger partial charge < -0.3 is 10.5 Å². The van der Waals surface area contributed by atoms with Crippen LogP contribution in [0.5, 0.6) is 5.75 Å². The van der Waals surface area contributed by atoms with Crippen LogP contribution in [0.2, 0.25) is 0 Å². The van der Waals surface area contributed by atoms with Crippen LogP contribution in [-0.4, -0.2) is 17.1 Å². The lowest BCUT2D eigenvalue weighted by Gasteiger charge is -2.19. The van der Waals surface area contributed by atoms with E-state index in [1.165, 1.54) is 0 Å². The van der Waals surface area contributed by atoms with Gasteiger partial charge in [-0.3, -0.25) is 0 Å². The molecule has 0 unspecified atom stereocenters. The average Bonchev–Trinajstić information content (AvgIpc) is 2.36. The van der Waals surface area contributed by atoms with Gasteiger partial charge in [0.15, 0.2) is 5.82 Å². The molecule has 1 heterocycles. The number of hydrogen-bond donors (Lipinski definition) is 1. The summed E-state index contributed by atoms with van der Waals surface area (Å²) in [5.74, 6) is 1.36. The Morgan fingerprint density at radius 3 is 2.40 bits per heavy atom. The minimum absolute atomic E-state index is 0.0243. The van der Waals surface area contributed by atoms with Gasteiger partial charge in [0, 0.05) is 22.9 Å². The van der Waals surface area contributed by atoms with Crippen LogP contribution < -0.4 is 10.5 Å². The predicted octanol–water partition coefficient (Wildman–Crippen LogP) is 3.34. The van der Waals surface area contributed by atoms with Crippen molar-refractivity contribution in [1.82, 2.24) is 9.97 Å². The quantitative estimate of drug-likeness (QED) is 0.851. The maximum Gasteiger partial charge on any atom is 0.163 e. The summed E-state index contributed by atoms with van der Waals surface area (Å²) in [6, 6.07) is 7.54. The topological polar surface area (TPSA) is 61.0 Å². The zero-order chi connectivity index (χ0) is 14.9. The molecule has 0 radical (unpaired) electrons. The Labute approximate surface area is 120 Å². The van der Waals surface area contributed by atoms with Gasteiger partial charge in [0.2, 0.25) is 0 Å². The summed E-state index contributed by atoms with van der Waals surface area (Å²) in [5, 5.41) is 0. The molecule has 0 aliphatic heterocycles. The molecule has 4 heteroatoms. The lowest BCUT2D eigenvalue weighted by molar-refractivity contribution is 0.416. The molecule has 2 aromatic rings. The summed E-state index contributed by atoms with van der Waals surface area (Å²) in [6.45, 7) is 8.39. The maximum atomic E-state index is 5.79. The normalized spacial score (nSPS) is 11.4. The van der Waals surface area contributed by atoms with Gasteiger partial charge >= 0.3 is 0 Å². The van der Waals surface area contributed by atoms with E-state index in [0.29, 0.717) is 17.3 Å². The van der Waals surface area contributed by atoms with E-state index >= 15 is 0 Å². The number of aromatic nitrogens is 2. The lowest BCUT2D eigenvalue weighted by atomic mass is 9.91. The Bertz CT molecular complexity index is 630. The van der Waals surface area contributed by atoms with Gasteiger partial charge in [-0.15, -0.1) is 0 Å². The highest BCUT2D eigenvalue weighted by Crippen LogP contribution is 2.31. The molecular formula is C16H21N3O. The minimum Gasteiger partial charge on any atom is -0.496 e. The van der Waals surface area contributed by atoms with Crippen molar-refractivity contribution in [3.63, 3.8) is 0 Å².